The number of halogens is 1. The molecule has 2 aromatic rings. The summed E-state index contributed by atoms with van der Waals surface area (Å²) in [5.41, 5.74) is 6.77. The van der Waals surface area contributed by atoms with Gasteiger partial charge in [0.1, 0.15) is 5.82 Å². The molecular formula is C11H13FN4O. The lowest BCUT2D eigenvalue weighted by atomic mass is 10.2. The van der Waals surface area contributed by atoms with Crippen LogP contribution in [0.1, 0.15) is 11.7 Å². The topological polar surface area (TPSA) is 77.0 Å². The van der Waals surface area contributed by atoms with E-state index in [1.807, 2.05) is 0 Å². The Balaban J connectivity index is 1.91. The SMILES string of the molecule is Cc1noc(CCNc2cc(F)ccc2N)n1. The summed E-state index contributed by atoms with van der Waals surface area (Å²) in [6.45, 7) is 2.31. The van der Waals surface area contributed by atoms with Crippen molar-refractivity contribution in [1.29, 1.82) is 0 Å². The second-order valence-electron chi connectivity index (χ2n) is 3.64. The van der Waals surface area contributed by atoms with Crippen LogP contribution in [0.4, 0.5) is 15.8 Å². The largest absolute Gasteiger partial charge is 0.397 e. The summed E-state index contributed by atoms with van der Waals surface area (Å²) in [7, 11) is 0. The molecule has 0 bridgehead atoms. The number of anilines is 2. The highest BCUT2D eigenvalue weighted by Gasteiger charge is 2.04. The van der Waals surface area contributed by atoms with E-state index < -0.39 is 0 Å². The summed E-state index contributed by atoms with van der Waals surface area (Å²) in [6, 6.07) is 4.20. The first-order valence-electron chi connectivity index (χ1n) is 5.23. The lowest BCUT2D eigenvalue weighted by Gasteiger charge is -2.07. The maximum absolute atomic E-state index is 13.0. The van der Waals surface area contributed by atoms with Crippen molar-refractivity contribution in [1.82, 2.24) is 10.1 Å². The first-order chi connectivity index (χ1) is 8.15. The van der Waals surface area contributed by atoms with Gasteiger partial charge in [-0.3, -0.25) is 0 Å². The van der Waals surface area contributed by atoms with Crippen molar-refractivity contribution in [2.75, 3.05) is 17.6 Å². The molecule has 0 aliphatic carbocycles. The van der Waals surface area contributed by atoms with Gasteiger partial charge in [0.05, 0.1) is 11.4 Å². The molecule has 0 saturated carbocycles. The Morgan fingerprint density at radius 3 is 3.00 bits per heavy atom. The van der Waals surface area contributed by atoms with Crippen LogP contribution >= 0.6 is 0 Å². The molecule has 5 nitrogen and oxygen atoms in total. The molecule has 0 radical (unpaired) electrons. The van der Waals surface area contributed by atoms with Crippen molar-refractivity contribution in [3.63, 3.8) is 0 Å². The molecule has 2 rings (SSSR count). The van der Waals surface area contributed by atoms with E-state index in [1.54, 1.807) is 6.92 Å². The molecule has 1 aromatic heterocycles. The smallest absolute Gasteiger partial charge is 0.228 e. The fraction of sp³-hybridized carbons (Fsp3) is 0.273. The van der Waals surface area contributed by atoms with Crippen LogP contribution in [0.2, 0.25) is 0 Å². The minimum Gasteiger partial charge on any atom is -0.397 e. The van der Waals surface area contributed by atoms with Crippen LogP contribution in [0, 0.1) is 12.7 Å². The molecule has 0 aliphatic rings. The molecule has 0 saturated heterocycles. The zero-order chi connectivity index (χ0) is 12.3. The second kappa shape index (κ2) is 4.82. The molecule has 0 amide bonds. The molecule has 0 atom stereocenters. The maximum Gasteiger partial charge on any atom is 0.228 e. The summed E-state index contributed by atoms with van der Waals surface area (Å²) in [4.78, 5) is 4.06. The lowest BCUT2D eigenvalue weighted by molar-refractivity contribution is 0.377. The number of rotatable bonds is 4. The van der Waals surface area contributed by atoms with E-state index in [9.17, 15) is 4.39 Å². The summed E-state index contributed by atoms with van der Waals surface area (Å²) >= 11 is 0. The minimum atomic E-state index is -0.324. The molecule has 6 heteroatoms. The molecule has 0 fully saturated rings. The number of aromatic nitrogens is 2. The molecule has 0 unspecified atom stereocenters. The zero-order valence-electron chi connectivity index (χ0n) is 9.40. The van der Waals surface area contributed by atoms with E-state index in [-0.39, 0.29) is 5.82 Å². The van der Waals surface area contributed by atoms with E-state index >= 15 is 0 Å². The van der Waals surface area contributed by atoms with Crippen molar-refractivity contribution in [2.24, 2.45) is 0 Å². The Hall–Kier alpha value is -2.11. The minimum absolute atomic E-state index is 0.324. The van der Waals surface area contributed by atoms with E-state index in [0.717, 1.165) is 0 Å². The Bertz CT molecular complexity index is 512. The fourth-order valence-corrected chi connectivity index (χ4v) is 1.43. The highest BCUT2D eigenvalue weighted by molar-refractivity contribution is 5.65. The van der Waals surface area contributed by atoms with Gasteiger partial charge in [0, 0.05) is 13.0 Å². The van der Waals surface area contributed by atoms with Crippen LogP contribution in [-0.2, 0) is 6.42 Å². The standard InChI is InChI=1S/C11H13FN4O/c1-7-15-11(17-16-7)4-5-14-10-6-8(12)2-3-9(10)13/h2-3,6,14H,4-5,13H2,1H3. The maximum atomic E-state index is 13.0. The number of nitrogens with zero attached hydrogens (tertiary/aromatic N) is 2. The first kappa shape index (κ1) is 11.4. The van der Waals surface area contributed by atoms with Crippen LogP contribution in [0.5, 0.6) is 0 Å². The van der Waals surface area contributed by atoms with Crippen LogP contribution in [0.25, 0.3) is 0 Å². The van der Waals surface area contributed by atoms with Gasteiger partial charge in [-0.05, 0) is 25.1 Å². The summed E-state index contributed by atoms with van der Waals surface area (Å²) < 4.78 is 17.9. The molecule has 1 aromatic carbocycles. The van der Waals surface area contributed by atoms with Crippen molar-refractivity contribution < 1.29 is 8.91 Å². The lowest BCUT2D eigenvalue weighted by Crippen LogP contribution is -2.07. The average molecular weight is 236 g/mol. The van der Waals surface area contributed by atoms with Crippen molar-refractivity contribution in [3.8, 4) is 0 Å². The predicted octanol–water partition coefficient (Wildman–Crippen LogP) is 1.75. The molecule has 0 aliphatic heterocycles. The summed E-state index contributed by atoms with van der Waals surface area (Å²) in [5.74, 6) is 0.825. The fourth-order valence-electron chi connectivity index (χ4n) is 1.43. The quantitative estimate of drug-likeness (QED) is 0.791. The number of nitrogens with one attached hydrogen (secondary N) is 1. The van der Waals surface area contributed by atoms with Gasteiger partial charge < -0.3 is 15.6 Å². The molecule has 3 N–H and O–H groups in total. The zero-order valence-corrected chi connectivity index (χ0v) is 9.40. The Morgan fingerprint density at radius 2 is 2.29 bits per heavy atom. The number of hydrogen-bond acceptors (Lipinski definition) is 5. The predicted molar refractivity (Wildman–Crippen MR) is 62.0 cm³/mol. The number of benzene rings is 1. The third kappa shape index (κ3) is 2.93. The summed E-state index contributed by atoms with van der Waals surface area (Å²) in [6.07, 6.45) is 0.566. The van der Waals surface area contributed by atoms with Crippen LogP contribution in [0.3, 0.4) is 0 Å². The Labute approximate surface area is 97.8 Å². The van der Waals surface area contributed by atoms with E-state index in [1.165, 1.54) is 18.2 Å². The highest BCUT2D eigenvalue weighted by Crippen LogP contribution is 2.18. The molecular weight excluding hydrogens is 223 g/mol. The van der Waals surface area contributed by atoms with Crippen LogP contribution in [-0.4, -0.2) is 16.7 Å². The number of hydrogen-bond donors (Lipinski definition) is 2. The second-order valence-corrected chi connectivity index (χ2v) is 3.64. The molecule has 0 spiro atoms. The third-order valence-electron chi connectivity index (χ3n) is 2.24. The van der Waals surface area contributed by atoms with Crippen molar-refractivity contribution in [3.05, 3.63) is 35.7 Å². The number of aryl methyl sites for hydroxylation is 1. The first-order valence-corrected chi connectivity index (χ1v) is 5.23. The normalized spacial score (nSPS) is 10.5. The van der Waals surface area contributed by atoms with Gasteiger partial charge in [0.2, 0.25) is 5.89 Å². The van der Waals surface area contributed by atoms with E-state index in [4.69, 9.17) is 10.3 Å². The molecule has 90 valence electrons. The van der Waals surface area contributed by atoms with Gasteiger partial charge in [0.25, 0.3) is 0 Å². The Morgan fingerprint density at radius 1 is 1.47 bits per heavy atom. The van der Waals surface area contributed by atoms with Gasteiger partial charge in [-0.1, -0.05) is 5.16 Å². The van der Waals surface area contributed by atoms with Gasteiger partial charge in [-0.25, -0.2) is 4.39 Å². The van der Waals surface area contributed by atoms with Gasteiger partial charge >= 0.3 is 0 Å². The Kier molecular flexibility index (Phi) is 3.22. The molecule has 17 heavy (non-hydrogen) atoms. The van der Waals surface area contributed by atoms with E-state index in [2.05, 4.69) is 15.5 Å². The number of nitrogens with two attached hydrogens (primary N) is 1. The van der Waals surface area contributed by atoms with Crippen molar-refractivity contribution >= 4 is 11.4 Å². The highest BCUT2D eigenvalue weighted by atomic mass is 19.1. The third-order valence-corrected chi connectivity index (χ3v) is 2.24. The average Bonchev–Trinajstić information content (AvgIpc) is 2.69. The van der Waals surface area contributed by atoms with Gasteiger partial charge in [-0.2, -0.15) is 4.98 Å². The van der Waals surface area contributed by atoms with Crippen molar-refractivity contribution in [2.45, 2.75) is 13.3 Å². The monoisotopic (exact) mass is 236 g/mol. The van der Waals surface area contributed by atoms with E-state index in [0.29, 0.717) is 36.1 Å². The number of nitrogen functional groups attached to an aromatic ring is 1. The van der Waals surface area contributed by atoms with Gasteiger partial charge in [-0.15, -0.1) is 0 Å². The summed E-state index contributed by atoms with van der Waals surface area (Å²) in [5, 5.41) is 6.69. The van der Waals surface area contributed by atoms with Gasteiger partial charge in [0.15, 0.2) is 5.82 Å². The molecule has 1 heterocycles. The van der Waals surface area contributed by atoms with Crippen LogP contribution in [0.15, 0.2) is 22.7 Å². The van der Waals surface area contributed by atoms with Crippen LogP contribution < -0.4 is 11.1 Å².